The highest BCUT2D eigenvalue weighted by Crippen LogP contribution is 2.16. The normalized spacial score (nSPS) is 19.8. The highest BCUT2D eigenvalue weighted by molar-refractivity contribution is 5.91. The maximum absolute atomic E-state index is 12.1. The van der Waals surface area contributed by atoms with Gasteiger partial charge in [0, 0.05) is 20.2 Å². The quantitative estimate of drug-likeness (QED) is 0.875. The molecule has 1 atom stereocenters. The van der Waals surface area contributed by atoms with Crippen molar-refractivity contribution in [1.29, 1.82) is 0 Å². The summed E-state index contributed by atoms with van der Waals surface area (Å²) >= 11 is 0. The molecule has 18 heavy (non-hydrogen) atoms. The van der Waals surface area contributed by atoms with Crippen LogP contribution in [0.3, 0.4) is 0 Å². The SMILES string of the molecule is CN(CC1CCCOC1)C(=O)c1ccc(CN)o1. The molecule has 100 valence electrons. The Morgan fingerprint density at radius 3 is 3.00 bits per heavy atom. The van der Waals surface area contributed by atoms with Crippen LogP contribution in [0, 0.1) is 5.92 Å². The summed E-state index contributed by atoms with van der Waals surface area (Å²) in [6.45, 7) is 2.60. The summed E-state index contributed by atoms with van der Waals surface area (Å²) < 4.78 is 10.8. The Labute approximate surface area is 107 Å². The van der Waals surface area contributed by atoms with E-state index in [0.717, 1.165) is 26.1 Å². The summed E-state index contributed by atoms with van der Waals surface area (Å²) in [7, 11) is 1.79. The third kappa shape index (κ3) is 3.11. The summed E-state index contributed by atoms with van der Waals surface area (Å²) in [6, 6.07) is 3.42. The van der Waals surface area contributed by atoms with Crippen LogP contribution in [-0.4, -0.2) is 37.6 Å². The number of amides is 1. The first kappa shape index (κ1) is 13.1. The van der Waals surface area contributed by atoms with Gasteiger partial charge in [-0.05, 0) is 30.9 Å². The van der Waals surface area contributed by atoms with Crippen molar-refractivity contribution < 1.29 is 13.9 Å². The van der Waals surface area contributed by atoms with E-state index < -0.39 is 0 Å². The fourth-order valence-electron chi connectivity index (χ4n) is 2.21. The summed E-state index contributed by atoms with van der Waals surface area (Å²) in [4.78, 5) is 13.8. The minimum absolute atomic E-state index is 0.0970. The molecule has 0 aliphatic carbocycles. The second-order valence-corrected chi connectivity index (χ2v) is 4.74. The second kappa shape index (κ2) is 6.02. The van der Waals surface area contributed by atoms with E-state index in [0.29, 0.717) is 30.5 Å². The number of furan rings is 1. The van der Waals surface area contributed by atoms with Crippen LogP contribution >= 0.6 is 0 Å². The standard InChI is InChI=1S/C13H20N2O3/c1-15(8-10-3-2-6-17-9-10)13(16)12-5-4-11(7-14)18-12/h4-5,10H,2-3,6-9,14H2,1H3. The van der Waals surface area contributed by atoms with Gasteiger partial charge in [-0.15, -0.1) is 0 Å². The van der Waals surface area contributed by atoms with Crippen molar-refractivity contribution in [2.24, 2.45) is 11.7 Å². The zero-order valence-corrected chi connectivity index (χ0v) is 10.7. The van der Waals surface area contributed by atoms with E-state index in [1.165, 1.54) is 0 Å². The van der Waals surface area contributed by atoms with E-state index >= 15 is 0 Å². The van der Waals surface area contributed by atoms with E-state index in [-0.39, 0.29) is 5.91 Å². The van der Waals surface area contributed by atoms with Gasteiger partial charge in [0.25, 0.3) is 5.91 Å². The first-order chi connectivity index (χ1) is 8.70. The predicted molar refractivity (Wildman–Crippen MR) is 67.1 cm³/mol. The minimum Gasteiger partial charge on any atom is -0.455 e. The van der Waals surface area contributed by atoms with Crippen LogP contribution in [0.2, 0.25) is 0 Å². The number of hydrogen-bond donors (Lipinski definition) is 1. The van der Waals surface area contributed by atoms with Crippen molar-refractivity contribution in [2.45, 2.75) is 19.4 Å². The Morgan fingerprint density at radius 1 is 1.56 bits per heavy atom. The molecule has 1 aliphatic rings. The van der Waals surface area contributed by atoms with Crippen molar-refractivity contribution in [3.05, 3.63) is 23.7 Å². The molecule has 1 aliphatic heterocycles. The largest absolute Gasteiger partial charge is 0.455 e. The zero-order valence-electron chi connectivity index (χ0n) is 10.7. The van der Waals surface area contributed by atoms with E-state index in [1.807, 2.05) is 0 Å². The van der Waals surface area contributed by atoms with Gasteiger partial charge in [0.1, 0.15) is 5.76 Å². The van der Waals surface area contributed by atoms with E-state index in [2.05, 4.69) is 0 Å². The molecule has 1 unspecified atom stereocenters. The lowest BCUT2D eigenvalue weighted by atomic mass is 10.0. The van der Waals surface area contributed by atoms with Gasteiger partial charge >= 0.3 is 0 Å². The molecular formula is C13H20N2O3. The maximum atomic E-state index is 12.1. The van der Waals surface area contributed by atoms with Gasteiger partial charge in [0.15, 0.2) is 5.76 Å². The van der Waals surface area contributed by atoms with Crippen molar-refractivity contribution in [3.63, 3.8) is 0 Å². The molecule has 0 radical (unpaired) electrons. The summed E-state index contributed by atoms with van der Waals surface area (Å²) in [6.07, 6.45) is 2.19. The van der Waals surface area contributed by atoms with E-state index in [4.69, 9.17) is 14.9 Å². The van der Waals surface area contributed by atoms with Crippen LogP contribution in [0.5, 0.6) is 0 Å². The molecule has 2 heterocycles. The lowest BCUT2D eigenvalue weighted by molar-refractivity contribution is 0.0379. The molecule has 5 nitrogen and oxygen atoms in total. The Balaban J connectivity index is 1.91. The number of carbonyl (C=O) groups is 1. The smallest absolute Gasteiger partial charge is 0.289 e. The monoisotopic (exact) mass is 252 g/mol. The molecule has 1 amide bonds. The first-order valence-electron chi connectivity index (χ1n) is 6.32. The van der Waals surface area contributed by atoms with Crippen molar-refractivity contribution >= 4 is 5.91 Å². The first-order valence-corrected chi connectivity index (χ1v) is 6.32. The number of hydrogen-bond acceptors (Lipinski definition) is 4. The van der Waals surface area contributed by atoms with Crippen molar-refractivity contribution in [2.75, 3.05) is 26.8 Å². The maximum Gasteiger partial charge on any atom is 0.289 e. The van der Waals surface area contributed by atoms with E-state index in [9.17, 15) is 4.79 Å². The zero-order chi connectivity index (χ0) is 13.0. The molecule has 1 aromatic rings. The number of rotatable bonds is 4. The average Bonchev–Trinajstić information content (AvgIpc) is 2.87. The molecule has 0 bridgehead atoms. The van der Waals surface area contributed by atoms with Crippen molar-refractivity contribution in [3.8, 4) is 0 Å². The van der Waals surface area contributed by atoms with Crippen LogP contribution in [0.25, 0.3) is 0 Å². The summed E-state index contributed by atoms with van der Waals surface area (Å²) in [5.74, 6) is 1.32. The van der Waals surface area contributed by atoms with E-state index in [1.54, 1.807) is 24.1 Å². The molecule has 2 N–H and O–H groups in total. The second-order valence-electron chi connectivity index (χ2n) is 4.74. The number of nitrogens with two attached hydrogens (primary N) is 1. The molecule has 0 saturated carbocycles. The van der Waals surface area contributed by atoms with Crippen LogP contribution in [0.15, 0.2) is 16.5 Å². The topological polar surface area (TPSA) is 68.7 Å². The van der Waals surface area contributed by atoms with Gasteiger partial charge in [0.2, 0.25) is 0 Å². The highest BCUT2D eigenvalue weighted by atomic mass is 16.5. The van der Waals surface area contributed by atoms with Gasteiger partial charge in [-0.25, -0.2) is 0 Å². The van der Waals surface area contributed by atoms with Gasteiger partial charge in [0.05, 0.1) is 13.2 Å². The Hall–Kier alpha value is -1.33. The molecule has 1 aromatic heterocycles. The highest BCUT2D eigenvalue weighted by Gasteiger charge is 2.21. The predicted octanol–water partition coefficient (Wildman–Crippen LogP) is 1.24. The molecule has 0 spiro atoms. The fourth-order valence-corrected chi connectivity index (χ4v) is 2.21. The summed E-state index contributed by atoms with van der Waals surface area (Å²) in [5.41, 5.74) is 5.45. The van der Waals surface area contributed by atoms with Crippen LogP contribution < -0.4 is 5.73 Å². The average molecular weight is 252 g/mol. The van der Waals surface area contributed by atoms with Gasteiger partial charge in [-0.3, -0.25) is 4.79 Å². The molecule has 1 saturated heterocycles. The number of carbonyl (C=O) groups excluding carboxylic acids is 1. The number of ether oxygens (including phenoxy) is 1. The molecule has 1 fully saturated rings. The molecule has 5 heteroatoms. The van der Waals surface area contributed by atoms with Crippen LogP contribution in [0.1, 0.15) is 29.2 Å². The van der Waals surface area contributed by atoms with Gasteiger partial charge < -0.3 is 19.8 Å². The van der Waals surface area contributed by atoms with Crippen LogP contribution in [0.4, 0.5) is 0 Å². The van der Waals surface area contributed by atoms with Gasteiger partial charge in [-0.1, -0.05) is 0 Å². The number of nitrogens with zero attached hydrogens (tertiary/aromatic N) is 1. The third-order valence-corrected chi connectivity index (χ3v) is 3.21. The Bertz CT molecular complexity index is 397. The summed E-state index contributed by atoms with van der Waals surface area (Å²) in [5, 5.41) is 0. The molecule has 0 aromatic carbocycles. The fraction of sp³-hybridized carbons (Fsp3) is 0.615. The third-order valence-electron chi connectivity index (χ3n) is 3.21. The Kier molecular flexibility index (Phi) is 4.38. The Morgan fingerprint density at radius 2 is 2.39 bits per heavy atom. The van der Waals surface area contributed by atoms with Crippen molar-refractivity contribution in [1.82, 2.24) is 4.90 Å². The van der Waals surface area contributed by atoms with Gasteiger partial charge in [-0.2, -0.15) is 0 Å². The minimum atomic E-state index is -0.0970. The lowest BCUT2D eigenvalue weighted by Crippen LogP contribution is -2.34. The molecular weight excluding hydrogens is 232 g/mol. The molecule has 2 rings (SSSR count). The van der Waals surface area contributed by atoms with Crippen LogP contribution in [-0.2, 0) is 11.3 Å². The lowest BCUT2D eigenvalue weighted by Gasteiger charge is -2.26.